The number of carboxylic acid groups (broad SMARTS) is 1. The lowest BCUT2D eigenvalue weighted by atomic mass is 9.92. The Hall–Kier alpha value is -3.57. The summed E-state index contributed by atoms with van der Waals surface area (Å²) in [7, 11) is 3.54. The first-order valence-electron chi connectivity index (χ1n) is 12.5. The van der Waals surface area contributed by atoms with Crippen molar-refractivity contribution in [3.8, 4) is 11.4 Å². The van der Waals surface area contributed by atoms with Crippen LogP contribution < -0.4 is 10.6 Å². The first-order chi connectivity index (χ1) is 17.5. The van der Waals surface area contributed by atoms with Crippen molar-refractivity contribution in [3.05, 3.63) is 45.9 Å². The average molecular weight is 516 g/mol. The number of alkyl halides is 2. The van der Waals surface area contributed by atoms with Crippen molar-refractivity contribution in [2.24, 2.45) is 25.9 Å². The van der Waals surface area contributed by atoms with Crippen LogP contribution in [0.3, 0.4) is 0 Å². The zero-order valence-electron chi connectivity index (χ0n) is 21.2. The lowest BCUT2D eigenvalue weighted by Crippen LogP contribution is -2.48. The second-order valence-corrected chi connectivity index (χ2v) is 10.5. The maximum Gasteiger partial charge on any atom is 0.328 e. The number of aromatic nitrogens is 6. The van der Waals surface area contributed by atoms with Crippen molar-refractivity contribution >= 4 is 11.7 Å². The van der Waals surface area contributed by atoms with Crippen LogP contribution in [0.25, 0.3) is 11.4 Å². The smallest absolute Gasteiger partial charge is 0.328 e. The van der Waals surface area contributed by atoms with Crippen molar-refractivity contribution in [2.45, 2.75) is 51.5 Å². The quantitative estimate of drug-likeness (QED) is 0.491. The third kappa shape index (κ3) is 5.28. The molecule has 1 N–H and O–H groups in total. The van der Waals surface area contributed by atoms with E-state index >= 15 is 0 Å². The van der Waals surface area contributed by atoms with E-state index in [1.807, 2.05) is 6.20 Å². The average Bonchev–Trinajstić information content (AvgIpc) is 3.50. The van der Waals surface area contributed by atoms with Gasteiger partial charge in [0.15, 0.2) is 0 Å². The van der Waals surface area contributed by atoms with E-state index in [1.165, 1.54) is 17.7 Å². The van der Waals surface area contributed by atoms with Crippen molar-refractivity contribution in [1.29, 1.82) is 0 Å². The molecule has 1 aliphatic carbocycles. The minimum absolute atomic E-state index is 0.107. The fraction of sp³-hybridized carbons (Fsp3) is 0.560. The van der Waals surface area contributed by atoms with Crippen molar-refractivity contribution in [2.75, 3.05) is 18.0 Å². The topological polar surface area (TPSA) is 111 Å². The minimum Gasteiger partial charge on any atom is -0.481 e. The molecule has 1 aliphatic heterocycles. The van der Waals surface area contributed by atoms with Crippen molar-refractivity contribution in [1.82, 2.24) is 29.1 Å². The number of hydrogen-bond acceptors (Lipinski definition) is 6. The van der Waals surface area contributed by atoms with Gasteiger partial charge in [0.1, 0.15) is 5.69 Å². The summed E-state index contributed by atoms with van der Waals surface area (Å²) in [4.78, 5) is 30.2. The number of carboxylic acids is 1. The van der Waals surface area contributed by atoms with E-state index in [1.54, 1.807) is 47.0 Å². The maximum absolute atomic E-state index is 14.4. The van der Waals surface area contributed by atoms with Gasteiger partial charge in [-0.15, -0.1) is 5.10 Å². The van der Waals surface area contributed by atoms with Gasteiger partial charge >= 0.3 is 11.7 Å². The molecular formula is C25H31F2N7O3. The van der Waals surface area contributed by atoms with Crippen LogP contribution in [0.1, 0.15) is 42.8 Å². The van der Waals surface area contributed by atoms with Gasteiger partial charge < -0.3 is 10.0 Å². The number of nitrogens with zero attached hydrogens (tertiary/aromatic N) is 7. The molecular weight excluding hydrogens is 484 g/mol. The van der Waals surface area contributed by atoms with Gasteiger partial charge in [-0.1, -0.05) is 5.21 Å². The largest absolute Gasteiger partial charge is 0.481 e. The monoisotopic (exact) mass is 515 g/mol. The molecule has 198 valence electrons. The van der Waals surface area contributed by atoms with Crippen LogP contribution in [0.4, 0.5) is 14.5 Å². The second kappa shape index (κ2) is 9.38. The molecule has 0 amide bonds. The highest BCUT2D eigenvalue weighted by atomic mass is 19.3. The SMILES string of the molecule is Cc1nc(-c2nnn(C)c2Cn2cc(CC3CC3)n(C)c2=O)ccc1N1C[C@@H](CC(=O)O)CC(F)(F)C1. The summed E-state index contributed by atoms with van der Waals surface area (Å²) in [6.45, 7) is 1.75. The number of aliphatic carboxylic acids is 1. The van der Waals surface area contributed by atoms with Crippen LogP contribution in [0.2, 0.25) is 0 Å². The summed E-state index contributed by atoms with van der Waals surface area (Å²) in [6.07, 6.45) is 4.44. The maximum atomic E-state index is 14.4. The highest BCUT2D eigenvalue weighted by molar-refractivity contribution is 5.67. The highest BCUT2D eigenvalue weighted by Gasteiger charge is 2.41. The summed E-state index contributed by atoms with van der Waals surface area (Å²) < 4.78 is 33.8. The van der Waals surface area contributed by atoms with Gasteiger partial charge in [0.2, 0.25) is 0 Å². The third-order valence-electron chi connectivity index (χ3n) is 7.32. The fourth-order valence-corrected chi connectivity index (χ4v) is 5.27. The molecule has 0 radical (unpaired) electrons. The second-order valence-electron chi connectivity index (χ2n) is 10.5. The summed E-state index contributed by atoms with van der Waals surface area (Å²) in [5.74, 6) is -4.07. The number of piperidine rings is 1. The number of aryl methyl sites for hydroxylation is 2. The highest BCUT2D eigenvalue weighted by Crippen LogP contribution is 2.36. The molecule has 1 saturated carbocycles. The zero-order valence-corrected chi connectivity index (χ0v) is 21.2. The Morgan fingerprint density at radius 1 is 1.22 bits per heavy atom. The first-order valence-corrected chi connectivity index (χ1v) is 12.5. The molecule has 10 nitrogen and oxygen atoms in total. The van der Waals surface area contributed by atoms with Gasteiger partial charge in [0.25, 0.3) is 5.92 Å². The number of hydrogen-bond donors (Lipinski definition) is 1. The summed E-state index contributed by atoms with van der Waals surface area (Å²) >= 11 is 0. The van der Waals surface area contributed by atoms with Crippen LogP contribution in [0, 0.1) is 18.8 Å². The number of anilines is 1. The molecule has 4 heterocycles. The standard InChI is InChI=1S/C25H31F2N7O3/c1-15-20(34-11-17(9-22(35)36)10-25(26,27)14-34)7-6-19(28-15)23-21(32(3)30-29-23)13-33-12-18(8-16-4-5-16)31(2)24(33)37/h6-7,12,16-17H,4-5,8-11,13-14H2,1-3H3,(H,35,36)/t17-/m0/s1. The Morgan fingerprint density at radius 3 is 2.65 bits per heavy atom. The summed E-state index contributed by atoms with van der Waals surface area (Å²) in [5, 5.41) is 17.5. The Labute approximate surface area is 212 Å². The normalized spacial score (nSPS) is 19.4. The van der Waals surface area contributed by atoms with Gasteiger partial charge in [-0.3, -0.25) is 13.9 Å². The fourth-order valence-electron chi connectivity index (χ4n) is 5.27. The molecule has 2 aliphatic rings. The lowest BCUT2D eigenvalue weighted by molar-refractivity contribution is -0.139. The van der Waals surface area contributed by atoms with Crippen LogP contribution in [0.15, 0.2) is 23.1 Å². The minimum atomic E-state index is -2.98. The van der Waals surface area contributed by atoms with E-state index in [0.717, 1.165) is 12.1 Å². The van der Waals surface area contributed by atoms with Gasteiger partial charge in [-0.2, -0.15) is 0 Å². The van der Waals surface area contributed by atoms with Crippen LogP contribution in [-0.4, -0.2) is 59.2 Å². The van der Waals surface area contributed by atoms with Crippen molar-refractivity contribution < 1.29 is 18.7 Å². The van der Waals surface area contributed by atoms with E-state index in [4.69, 9.17) is 5.11 Å². The Morgan fingerprint density at radius 2 is 1.97 bits per heavy atom. The molecule has 0 aromatic carbocycles. The van der Waals surface area contributed by atoms with E-state index < -0.39 is 30.8 Å². The van der Waals surface area contributed by atoms with Gasteiger partial charge in [0.05, 0.1) is 42.3 Å². The van der Waals surface area contributed by atoms with Crippen LogP contribution in [-0.2, 0) is 31.9 Å². The molecule has 3 aromatic rings. The van der Waals surface area contributed by atoms with E-state index in [-0.39, 0.29) is 25.2 Å². The summed E-state index contributed by atoms with van der Waals surface area (Å²) in [5.41, 5.74) is 3.71. The van der Waals surface area contributed by atoms with E-state index in [0.29, 0.717) is 34.4 Å². The molecule has 0 unspecified atom stereocenters. The molecule has 2 fully saturated rings. The zero-order chi connectivity index (χ0) is 26.5. The van der Waals surface area contributed by atoms with Crippen molar-refractivity contribution in [3.63, 3.8) is 0 Å². The Balaban J connectivity index is 1.41. The number of pyridine rings is 1. The number of halogens is 2. The van der Waals surface area contributed by atoms with Gasteiger partial charge in [-0.25, -0.2) is 23.2 Å². The molecule has 1 atom stereocenters. The lowest BCUT2D eigenvalue weighted by Gasteiger charge is -2.39. The predicted molar refractivity (Wildman–Crippen MR) is 132 cm³/mol. The number of carbonyl (C=O) groups is 1. The molecule has 5 rings (SSSR count). The van der Waals surface area contributed by atoms with Crippen LogP contribution in [0.5, 0.6) is 0 Å². The first kappa shape index (κ1) is 25.1. The molecule has 1 saturated heterocycles. The third-order valence-corrected chi connectivity index (χ3v) is 7.32. The van der Waals surface area contributed by atoms with E-state index in [9.17, 15) is 18.4 Å². The van der Waals surface area contributed by atoms with E-state index in [2.05, 4.69) is 15.3 Å². The summed E-state index contributed by atoms with van der Waals surface area (Å²) in [6, 6.07) is 3.43. The van der Waals surface area contributed by atoms with Gasteiger partial charge in [0, 0.05) is 39.0 Å². The molecule has 0 bridgehead atoms. The predicted octanol–water partition coefficient (Wildman–Crippen LogP) is 2.62. The van der Waals surface area contributed by atoms with Crippen LogP contribution >= 0.6 is 0 Å². The Bertz CT molecular complexity index is 1390. The van der Waals surface area contributed by atoms with Gasteiger partial charge in [-0.05, 0) is 50.2 Å². The Kier molecular flexibility index (Phi) is 6.36. The molecule has 0 spiro atoms. The molecule has 12 heteroatoms. The number of imidazole rings is 1. The molecule has 37 heavy (non-hydrogen) atoms. The number of rotatable bonds is 8. The molecule has 3 aromatic heterocycles.